The molecule has 0 spiro atoms. The van der Waals surface area contributed by atoms with Gasteiger partial charge in [0, 0.05) is 18.5 Å². The predicted molar refractivity (Wildman–Crippen MR) is 128 cm³/mol. The lowest BCUT2D eigenvalue weighted by atomic mass is 9.90. The Balaban J connectivity index is 1.29. The summed E-state index contributed by atoms with van der Waals surface area (Å²) in [7, 11) is 0. The molecule has 7 nitrogen and oxygen atoms in total. The molecule has 4 rings (SSSR count). The lowest BCUT2D eigenvalue weighted by Gasteiger charge is -2.25. The fraction of sp³-hybridized carbons (Fsp3) is 0.370. The molecule has 34 heavy (non-hydrogen) atoms. The van der Waals surface area contributed by atoms with Crippen LogP contribution in [0.15, 0.2) is 60.7 Å². The van der Waals surface area contributed by atoms with Crippen molar-refractivity contribution in [3.05, 3.63) is 71.8 Å². The summed E-state index contributed by atoms with van der Waals surface area (Å²) in [6, 6.07) is 16.0. The first-order valence-corrected chi connectivity index (χ1v) is 11.8. The van der Waals surface area contributed by atoms with Gasteiger partial charge in [-0.05, 0) is 41.5 Å². The highest BCUT2D eigenvalue weighted by Gasteiger charge is 2.30. The third-order valence-electron chi connectivity index (χ3n) is 6.70. The minimum absolute atomic E-state index is 0.0244. The fourth-order valence-corrected chi connectivity index (χ4v) is 4.78. The number of hydrogen-bond donors (Lipinski definition) is 3. The Labute approximate surface area is 199 Å². The van der Waals surface area contributed by atoms with E-state index in [1.165, 1.54) is 0 Å². The quantitative estimate of drug-likeness (QED) is 0.513. The van der Waals surface area contributed by atoms with Crippen LogP contribution in [0.5, 0.6) is 0 Å². The Hall–Kier alpha value is -3.61. The van der Waals surface area contributed by atoms with Gasteiger partial charge in [-0.1, -0.05) is 67.6 Å². The van der Waals surface area contributed by atoms with Crippen molar-refractivity contribution in [2.24, 2.45) is 11.8 Å². The van der Waals surface area contributed by atoms with Crippen molar-refractivity contribution < 1.29 is 24.2 Å². The highest BCUT2D eigenvalue weighted by atomic mass is 16.5. The summed E-state index contributed by atoms with van der Waals surface area (Å²) < 4.78 is 5.55. The van der Waals surface area contributed by atoms with Gasteiger partial charge in [-0.3, -0.25) is 9.59 Å². The zero-order chi connectivity index (χ0) is 24.1. The van der Waals surface area contributed by atoms with E-state index in [4.69, 9.17) is 4.74 Å². The number of carboxylic acid groups (broad SMARTS) is 1. The number of allylic oxidation sites excluding steroid dienone is 1. The Kier molecular flexibility index (Phi) is 7.30. The largest absolute Gasteiger partial charge is 0.481 e. The molecule has 0 fully saturated rings. The van der Waals surface area contributed by atoms with Crippen LogP contribution in [0, 0.1) is 11.8 Å². The lowest BCUT2D eigenvalue weighted by Crippen LogP contribution is -2.44. The standard InChI is InChI=1S/C27H30N2O5/c1-2-17(25(30)29-19-9-7-8-18(14-19)26(31)32)15-28-27(33)34-16-24-22-12-5-3-10-20(22)21-11-4-6-13-23(21)24/h3-7,9-13,17-19,24H,2,8,14-16H2,1H3,(H,28,33)(H,29,30)(H,31,32). The van der Waals surface area contributed by atoms with E-state index >= 15 is 0 Å². The van der Waals surface area contributed by atoms with Gasteiger partial charge in [-0.15, -0.1) is 0 Å². The Morgan fingerprint density at radius 1 is 1.06 bits per heavy atom. The number of ether oxygens (including phenoxy) is 1. The third-order valence-corrected chi connectivity index (χ3v) is 6.70. The van der Waals surface area contributed by atoms with Crippen LogP contribution in [0.2, 0.25) is 0 Å². The SMILES string of the molecule is CCC(CNC(=O)OCC1c2ccccc2-c2ccccc21)C(=O)NC1C=CCC(C(=O)O)C1. The monoisotopic (exact) mass is 462 g/mol. The van der Waals surface area contributed by atoms with E-state index in [0.717, 1.165) is 22.3 Å². The molecule has 3 unspecified atom stereocenters. The Morgan fingerprint density at radius 3 is 2.32 bits per heavy atom. The molecule has 2 aliphatic rings. The van der Waals surface area contributed by atoms with Gasteiger partial charge in [0.2, 0.25) is 5.91 Å². The van der Waals surface area contributed by atoms with E-state index in [9.17, 15) is 19.5 Å². The second-order valence-corrected chi connectivity index (χ2v) is 8.86. The van der Waals surface area contributed by atoms with Gasteiger partial charge in [0.25, 0.3) is 0 Å². The Morgan fingerprint density at radius 2 is 1.71 bits per heavy atom. The lowest BCUT2D eigenvalue weighted by molar-refractivity contribution is -0.142. The van der Waals surface area contributed by atoms with Crippen molar-refractivity contribution >= 4 is 18.0 Å². The average Bonchev–Trinajstić information content (AvgIpc) is 3.17. The van der Waals surface area contributed by atoms with Gasteiger partial charge >= 0.3 is 12.1 Å². The number of benzene rings is 2. The number of amides is 2. The molecule has 178 valence electrons. The molecule has 7 heteroatoms. The number of alkyl carbamates (subject to hydrolysis) is 1. The van der Waals surface area contributed by atoms with E-state index in [-0.39, 0.29) is 31.0 Å². The third kappa shape index (κ3) is 5.14. The molecule has 0 heterocycles. The van der Waals surface area contributed by atoms with E-state index in [1.807, 2.05) is 37.3 Å². The number of fused-ring (bicyclic) bond motifs is 3. The number of hydrogen-bond acceptors (Lipinski definition) is 4. The molecule has 2 aromatic carbocycles. The van der Waals surface area contributed by atoms with Crippen molar-refractivity contribution in [1.82, 2.24) is 10.6 Å². The molecular weight excluding hydrogens is 432 g/mol. The summed E-state index contributed by atoms with van der Waals surface area (Å²) in [5, 5.41) is 14.8. The molecule has 0 saturated heterocycles. The van der Waals surface area contributed by atoms with Gasteiger partial charge < -0.3 is 20.5 Å². The second kappa shape index (κ2) is 10.5. The van der Waals surface area contributed by atoms with Crippen LogP contribution in [0.25, 0.3) is 11.1 Å². The minimum Gasteiger partial charge on any atom is -0.481 e. The summed E-state index contributed by atoms with van der Waals surface area (Å²) >= 11 is 0. The highest BCUT2D eigenvalue weighted by molar-refractivity contribution is 5.81. The molecule has 0 saturated carbocycles. The van der Waals surface area contributed by atoms with E-state index < -0.39 is 23.9 Å². The zero-order valence-corrected chi connectivity index (χ0v) is 19.2. The number of rotatable bonds is 8. The van der Waals surface area contributed by atoms with Crippen molar-refractivity contribution in [2.75, 3.05) is 13.2 Å². The van der Waals surface area contributed by atoms with Gasteiger partial charge in [0.05, 0.1) is 11.8 Å². The number of nitrogens with one attached hydrogen (secondary N) is 2. The smallest absolute Gasteiger partial charge is 0.407 e. The van der Waals surface area contributed by atoms with Crippen molar-refractivity contribution in [3.63, 3.8) is 0 Å². The number of carboxylic acids is 1. The predicted octanol–water partition coefficient (Wildman–Crippen LogP) is 4.09. The normalized spacial score (nSPS) is 19.6. The van der Waals surface area contributed by atoms with Gasteiger partial charge in [-0.2, -0.15) is 0 Å². The topological polar surface area (TPSA) is 105 Å². The Bertz CT molecular complexity index is 1050. The molecule has 0 aromatic heterocycles. The summed E-state index contributed by atoms with van der Waals surface area (Å²) in [6.45, 7) is 2.24. The first kappa shape index (κ1) is 23.5. The number of carbonyl (C=O) groups excluding carboxylic acids is 2. The van der Waals surface area contributed by atoms with Crippen LogP contribution in [0.4, 0.5) is 4.79 Å². The molecule has 2 aliphatic carbocycles. The number of carbonyl (C=O) groups is 3. The second-order valence-electron chi connectivity index (χ2n) is 8.86. The molecule has 0 aliphatic heterocycles. The van der Waals surface area contributed by atoms with Crippen LogP contribution in [0.3, 0.4) is 0 Å². The van der Waals surface area contributed by atoms with Gasteiger partial charge in [-0.25, -0.2) is 4.79 Å². The minimum atomic E-state index is -0.854. The van der Waals surface area contributed by atoms with Crippen LogP contribution in [-0.4, -0.2) is 42.3 Å². The van der Waals surface area contributed by atoms with Crippen molar-refractivity contribution in [3.8, 4) is 11.1 Å². The summed E-state index contributed by atoms with van der Waals surface area (Å²) in [5.74, 6) is -2.01. The molecule has 3 N–H and O–H groups in total. The molecule has 2 amide bonds. The maximum atomic E-state index is 12.7. The summed E-state index contributed by atoms with van der Waals surface area (Å²) in [6.07, 6.45) is 4.45. The molecule has 0 bridgehead atoms. The van der Waals surface area contributed by atoms with Crippen LogP contribution < -0.4 is 10.6 Å². The first-order valence-electron chi connectivity index (χ1n) is 11.8. The van der Waals surface area contributed by atoms with E-state index in [1.54, 1.807) is 6.08 Å². The van der Waals surface area contributed by atoms with Crippen molar-refractivity contribution in [1.29, 1.82) is 0 Å². The zero-order valence-electron chi connectivity index (χ0n) is 19.2. The van der Waals surface area contributed by atoms with Crippen LogP contribution >= 0.6 is 0 Å². The first-order chi connectivity index (χ1) is 16.5. The molecule has 0 radical (unpaired) electrons. The fourth-order valence-electron chi connectivity index (χ4n) is 4.78. The highest BCUT2D eigenvalue weighted by Crippen LogP contribution is 2.44. The van der Waals surface area contributed by atoms with Crippen molar-refractivity contribution in [2.45, 2.75) is 38.1 Å². The average molecular weight is 463 g/mol. The summed E-state index contributed by atoms with van der Waals surface area (Å²) in [5.41, 5.74) is 4.61. The van der Waals surface area contributed by atoms with E-state index in [2.05, 4.69) is 34.9 Å². The van der Waals surface area contributed by atoms with E-state index in [0.29, 0.717) is 19.3 Å². The van der Waals surface area contributed by atoms with Gasteiger partial charge in [0.15, 0.2) is 0 Å². The summed E-state index contributed by atoms with van der Waals surface area (Å²) in [4.78, 5) is 36.4. The molecule has 3 atom stereocenters. The van der Waals surface area contributed by atoms with Crippen LogP contribution in [0.1, 0.15) is 43.2 Å². The molecular formula is C27H30N2O5. The maximum Gasteiger partial charge on any atom is 0.407 e. The van der Waals surface area contributed by atoms with Gasteiger partial charge in [0.1, 0.15) is 6.61 Å². The molecule has 2 aromatic rings. The maximum absolute atomic E-state index is 12.7. The van der Waals surface area contributed by atoms with Crippen LogP contribution in [-0.2, 0) is 14.3 Å². The number of aliphatic carboxylic acids is 1.